The standard InChI is InChI=1S/C14H12FNS/c1-14(10-16,9-13-6-3-7-17-13)11-4-2-5-12(15)8-11/h2-8H,9H2,1H3. The molecule has 0 N–H and O–H groups in total. The van der Waals surface area contributed by atoms with E-state index in [0.717, 1.165) is 10.4 Å². The fourth-order valence-corrected chi connectivity index (χ4v) is 2.66. The summed E-state index contributed by atoms with van der Waals surface area (Å²) in [5.41, 5.74) is 0.0563. The zero-order valence-corrected chi connectivity index (χ0v) is 10.3. The Morgan fingerprint density at radius 1 is 1.35 bits per heavy atom. The van der Waals surface area contributed by atoms with Gasteiger partial charge in [-0.2, -0.15) is 5.26 Å². The van der Waals surface area contributed by atoms with Crippen molar-refractivity contribution >= 4 is 11.3 Å². The zero-order chi connectivity index (χ0) is 12.3. The van der Waals surface area contributed by atoms with Crippen LogP contribution in [-0.4, -0.2) is 0 Å². The molecule has 86 valence electrons. The van der Waals surface area contributed by atoms with Crippen molar-refractivity contribution in [1.82, 2.24) is 0 Å². The Bertz CT molecular complexity index is 542. The van der Waals surface area contributed by atoms with E-state index < -0.39 is 5.41 Å². The molecular weight excluding hydrogens is 233 g/mol. The average molecular weight is 245 g/mol. The lowest BCUT2D eigenvalue weighted by Gasteiger charge is -2.21. The maximum Gasteiger partial charge on any atom is 0.123 e. The molecule has 1 unspecified atom stereocenters. The van der Waals surface area contributed by atoms with Crippen LogP contribution in [-0.2, 0) is 11.8 Å². The van der Waals surface area contributed by atoms with Gasteiger partial charge in [-0.1, -0.05) is 18.2 Å². The summed E-state index contributed by atoms with van der Waals surface area (Å²) in [6.45, 7) is 1.85. The first-order chi connectivity index (χ1) is 8.14. The van der Waals surface area contributed by atoms with Gasteiger partial charge in [0.25, 0.3) is 0 Å². The number of thiophene rings is 1. The molecule has 0 spiro atoms. The quantitative estimate of drug-likeness (QED) is 0.804. The van der Waals surface area contributed by atoms with Gasteiger partial charge in [0, 0.05) is 11.3 Å². The Labute approximate surface area is 104 Å². The number of halogens is 1. The van der Waals surface area contributed by atoms with E-state index in [1.807, 2.05) is 24.4 Å². The van der Waals surface area contributed by atoms with Gasteiger partial charge in [0.15, 0.2) is 0 Å². The summed E-state index contributed by atoms with van der Waals surface area (Å²) in [6, 6.07) is 12.6. The van der Waals surface area contributed by atoms with E-state index in [4.69, 9.17) is 0 Å². The molecule has 17 heavy (non-hydrogen) atoms. The van der Waals surface area contributed by atoms with Gasteiger partial charge in [-0.25, -0.2) is 4.39 Å². The van der Waals surface area contributed by atoms with E-state index in [1.54, 1.807) is 23.5 Å². The second-order valence-corrected chi connectivity index (χ2v) is 5.24. The number of nitrogens with zero attached hydrogens (tertiary/aromatic N) is 1. The van der Waals surface area contributed by atoms with Crippen molar-refractivity contribution in [3.63, 3.8) is 0 Å². The van der Waals surface area contributed by atoms with E-state index in [0.29, 0.717) is 6.42 Å². The fraction of sp³-hybridized carbons (Fsp3) is 0.214. The van der Waals surface area contributed by atoms with Crippen LogP contribution in [0, 0.1) is 17.1 Å². The van der Waals surface area contributed by atoms with Crippen molar-refractivity contribution in [2.75, 3.05) is 0 Å². The summed E-state index contributed by atoms with van der Waals surface area (Å²) in [5.74, 6) is -0.296. The largest absolute Gasteiger partial charge is 0.207 e. The van der Waals surface area contributed by atoms with Gasteiger partial charge in [-0.3, -0.25) is 0 Å². The van der Waals surface area contributed by atoms with Crippen molar-refractivity contribution in [2.24, 2.45) is 0 Å². The van der Waals surface area contributed by atoms with Crippen LogP contribution >= 0.6 is 11.3 Å². The van der Waals surface area contributed by atoms with E-state index in [1.165, 1.54) is 12.1 Å². The second-order valence-electron chi connectivity index (χ2n) is 4.21. The number of hydrogen-bond acceptors (Lipinski definition) is 2. The molecule has 0 fully saturated rings. The third-order valence-corrected chi connectivity index (χ3v) is 3.69. The zero-order valence-electron chi connectivity index (χ0n) is 9.48. The third kappa shape index (κ3) is 2.54. The number of hydrogen-bond donors (Lipinski definition) is 0. The second kappa shape index (κ2) is 4.68. The Balaban J connectivity index is 2.35. The molecule has 1 atom stereocenters. The number of rotatable bonds is 3. The highest BCUT2D eigenvalue weighted by molar-refractivity contribution is 7.09. The van der Waals surface area contributed by atoms with Crippen LogP contribution in [0.25, 0.3) is 0 Å². The van der Waals surface area contributed by atoms with Crippen molar-refractivity contribution < 1.29 is 4.39 Å². The van der Waals surface area contributed by atoms with Crippen molar-refractivity contribution in [1.29, 1.82) is 5.26 Å². The summed E-state index contributed by atoms with van der Waals surface area (Å²) in [4.78, 5) is 1.14. The first-order valence-corrected chi connectivity index (χ1v) is 6.22. The molecule has 1 aromatic heterocycles. The lowest BCUT2D eigenvalue weighted by molar-refractivity contribution is 0.588. The molecule has 0 bridgehead atoms. The molecule has 0 radical (unpaired) electrons. The van der Waals surface area contributed by atoms with Crippen LogP contribution in [0.15, 0.2) is 41.8 Å². The normalized spacial score (nSPS) is 13.9. The van der Waals surface area contributed by atoms with Gasteiger partial charge in [0.1, 0.15) is 5.82 Å². The Hall–Kier alpha value is -1.66. The van der Waals surface area contributed by atoms with E-state index in [2.05, 4.69) is 6.07 Å². The van der Waals surface area contributed by atoms with Crippen LogP contribution < -0.4 is 0 Å². The van der Waals surface area contributed by atoms with E-state index in [-0.39, 0.29) is 5.82 Å². The Kier molecular flexibility index (Phi) is 3.26. The Morgan fingerprint density at radius 2 is 2.18 bits per heavy atom. The lowest BCUT2D eigenvalue weighted by atomic mass is 9.80. The molecule has 2 rings (SSSR count). The van der Waals surface area contributed by atoms with Crippen molar-refractivity contribution in [3.05, 3.63) is 58.0 Å². The summed E-state index contributed by atoms with van der Waals surface area (Å²) < 4.78 is 13.2. The topological polar surface area (TPSA) is 23.8 Å². The molecule has 3 heteroatoms. The first kappa shape index (κ1) is 11.8. The highest BCUT2D eigenvalue weighted by Crippen LogP contribution is 2.29. The molecule has 0 saturated carbocycles. The van der Waals surface area contributed by atoms with Gasteiger partial charge in [0.2, 0.25) is 0 Å². The predicted octanol–water partition coefficient (Wildman–Crippen LogP) is 3.91. The van der Waals surface area contributed by atoms with E-state index >= 15 is 0 Å². The third-order valence-electron chi connectivity index (χ3n) is 2.82. The fourth-order valence-electron chi connectivity index (χ4n) is 1.80. The molecule has 0 amide bonds. The Morgan fingerprint density at radius 3 is 2.76 bits per heavy atom. The predicted molar refractivity (Wildman–Crippen MR) is 67.4 cm³/mol. The number of benzene rings is 1. The van der Waals surface area contributed by atoms with Crippen LogP contribution in [0.2, 0.25) is 0 Å². The highest BCUT2D eigenvalue weighted by atomic mass is 32.1. The first-order valence-electron chi connectivity index (χ1n) is 5.34. The monoisotopic (exact) mass is 245 g/mol. The molecule has 0 aliphatic carbocycles. The minimum absolute atomic E-state index is 0.296. The van der Waals surface area contributed by atoms with Gasteiger partial charge >= 0.3 is 0 Å². The molecule has 0 aliphatic rings. The maximum atomic E-state index is 13.2. The van der Waals surface area contributed by atoms with Gasteiger partial charge < -0.3 is 0 Å². The van der Waals surface area contributed by atoms with Crippen LogP contribution in [0.5, 0.6) is 0 Å². The molecule has 0 aliphatic heterocycles. The molecule has 1 heterocycles. The molecular formula is C14H12FNS. The summed E-state index contributed by atoms with van der Waals surface area (Å²) in [5, 5.41) is 11.3. The van der Waals surface area contributed by atoms with Crippen molar-refractivity contribution in [2.45, 2.75) is 18.8 Å². The van der Waals surface area contributed by atoms with Crippen LogP contribution in [0.4, 0.5) is 4.39 Å². The van der Waals surface area contributed by atoms with Gasteiger partial charge in [-0.15, -0.1) is 11.3 Å². The van der Waals surface area contributed by atoms with Gasteiger partial charge in [-0.05, 0) is 36.1 Å². The molecule has 1 aromatic carbocycles. The summed E-state index contributed by atoms with van der Waals surface area (Å²) in [6.07, 6.45) is 0.616. The van der Waals surface area contributed by atoms with E-state index in [9.17, 15) is 9.65 Å². The molecule has 0 saturated heterocycles. The number of nitriles is 1. The van der Waals surface area contributed by atoms with Crippen molar-refractivity contribution in [3.8, 4) is 6.07 Å². The smallest absolute Gasteiger partial charge is 0.123 e. The summed E-state index contributed by atoms with van der Waals surface area (Å²) >= 11 is 1.62. The molecule has 2 aromatic rings. The highest BCUT2D eigenvalue weighted by Gasteiger charge is 2.27. The summed E-state index contributed by atoms with van der Waals surface area (Å²) in [7, 11) is 0. The van der Waals surface area contributed by atoms with Crippen LogP contribution in [0.3, 0.4) is 0 Å². The van der Waals surface area contributed by atoms with Crippen LogP contribution in [0.1, 0.15) is 17.4 Å². The lowest BCUT2D eigenvalue weighted by Crippen LogP contribution is -2.22. The minimum Gasteiger partial charge on any atom is -0.207 e. The molecule has 1 nitrogen and oxygen atoms in total. The average Bonchev–Trinajstić information content (AvgIpc) is 2.81. The van der Waals surface area contributed by atoms with Gasteiger partial charge in [0.05, 0.1) is 11.5 Å². The maximum absolute atomic E-state index is 13.2. The minimum atomic E-state index is -0.674. The SMILES string of the molecule is CC(C#N)(Cc1cccs1)c1cccc(F)c1.